The van der Waals surface area contributed by atoms with E-state index < -0.39 is 0 Å². The van der Waals surface area contributed by atoms with Crippen molar-refractivity contribution in [1.82, 2.24) is 0 Å². The molecule has 3 heteroatoms. The molecule has 3 nitrogen and oxygen atoms in total. The standard InChI is InChI=1S/C17H16N2O/c1-2-19(16-6-4-3-5-7-16)17(20)12-14-8-10-15(13-18)11-9-14/h3-11H,2,12H2,1H3. The Morgan fingerprint density at radius 3 is 2.30 bits per heavy atom. The number of benzene rings is 2. The highest BCUT2D eigenvalue weighted by Gasteiger charge is 2.13. The van der Waals surface area contributed by atoms with Gasteiger partial charge in [-0.15, -0.1) is 0 Å². The first-order valence-corrected chi connectivity index (χ1v) is 6.59. The molecule has 0 N–H and O–H groups in total. The summed E-state index contributed by atoms with van der Waals surface area (Å²) in [6.07, 6.45) is 0.342. The summed E-state index contributed by atoms with van der Waals surface area (Å²) < 4.78 is 0. The van der Waals surface area contributed by atoms with Crippen LogP contribution in [0.3, 0.4) is 0 Å². The van der Waals surface area contributed by atoms with Crippen LogP contribution in [0.2, 0.25) is 0 Å². The molecule has 0 radical (unpaired) electrons. The molecule has 0 spiro atoms. The van der Waals surface area contributed by atoms with Gasteiger partial charge in [-0.3, -0.25) is 4.79 Å². The lowest BCUT2D eigenvalue weighted by atomic mass is 10.1. The second-order valence-corrected chi connectivity index (χ2v) is 4.46. The van der Waals surface area contributed by atoms with Crippen LogP contribution in [0.15, 0.2) is 54.6 Å². The number of amides is 1. The number of carbonyl (C=O) groups is 1. The van der Waals surface area contributed by atoms with E-state index in [0.717, 1.165) is 11.3 Å². The Morgan fingerprint density at radius 2 is 1.75 bits per heavy atom. The summed E-state index contributed by atoms with van der Waals surface area (Å²) in [5, 5.41) is 8.76. The molecule has 0 atom stereocenters. The number of nitriles is 1. The summed E-state index contributed by atoms with van der Waals surface area (Å²) in [4.78, 5) is 14.1. The number of likely N-dealkylation sites (N-methyl/N-ethyl adjacent to an activating group) is 1. The first-order valence-electron chi connectivity index (χ1n) is 6.59. The van der Waals surface area contributed by atoms with Crippen LogP contribution in [-0.2, 0) is 11.2 Å². The number of para-hydroxylation sites is 1. The number of hydrogen-bond acceptors (Lipinski definition) is 2. The maximum absolute atomic E-state index is 12.4. The van der Waals surface area contributed by atoms with Crippen molar-refractivity contribution in [3.63, 3.8) is 0 Å². The zero-order valence-corrected chi connectivity index (χ0v) is 11.4. The molecule has 0 unspecified atom stereocenters. The van der Waals surface area contributed by atoms with Crippen molar-refractivity contribution in [1.29, 1.82) is 5.26 Å². The molecule has 100 valence electrons. The predicted molar refractivity (Wildman–Crippen MR) is 79.3 cm³/mol. The van der Waals surface area contributed by atoms with Crippen LogP contribution >= 0.6 is 0 Å². The molecule has 20 heavy (non-hydrogen) atoms. The summed E-state index contributed by atoms with van der Waals surface area (Å²) >= 11 is 0. The maximum atomic E-state index is 12.4. The van der Waals surface area contributed by atoms with Gasteiger partial charge in [0.1, 0.15) is 0 Å². The van der Waals surface area contributed by atoms with Crippen molar-refractivity contribution in [3.8, 4) is 6.07 Å². The van der Waals surface area contributed by atoms with Crippen molar-refractivity contribution < 1.29 is 4.79 Å². The second kappa shape index (κ2) is 6.53. The maximum Gasteiger partial charge on any atom is 0.231 e. The smallest absolute Gasteiger partial charge is 0.231 e. The van der Waals surface area contributed by atoms with E-state index >= 15 is 0 Å². The van der Waals surface area contributed by atoms with Crippen LogP contribution in [-0.4, -0.2) is 12.5 Å². The van der Waals surface area contributed by atoms with E-state index in [1.807, 2.05) is 49.4 Å². The number of anilines is 1. The third kappa shape index (κ3) is 3.24. The molecule has 0 aliphatic carbocycles. The Kier molecular flexibility index (Phi) is 4.52. The van der Waals surface area contributed by atoms with Gasteiger partial charge in [0.2, 0.25) is 5.91 Å². The lowest BCUT2D eigenvalue weighted by Crippen LogP contribution is -2.31. The monoisotopic (exact) mass is 264 g/mol. The van der Waals surface area contributed by atoms with Crippen LogP contribution in [0.1, 0.15) is 18.1 Å². The van der Waals surface area contributed by atoms with Gasteiger partial charge in [-0.2, -0.15) is 5.26 Å². The molecule has 2 aromatic rings. The van der Waals surface area contributed by atoms with Gasteiger partial charge in [-0.05, 0) is 36.8 Å². The van der Waals surface area contributed by atoms with E-state index in [2.05, 4.69) is 6.07 Å². The molecule has 0 saturated carbocycles. The van der Waals surface area contributed by atoms with Gasteiger partial charge in [0.25, 0.3) is 0 Å². The number of nitrogens with zero attached hydrogens (tertiary/aromatic N) is 2. The highest BCUT2D eigenvalue weighted by molar-refractivity contribution is 5.94. The Balaban J connectivity index is 2.11. The number of hydrogen-bond donors (Lipinski definition) is 0. The normalized spacial score (nSPS) is 9.80. The molecule has 0 aromatic heterocycles. The van der Waals surface area contributed by atoms with Crippen LogP contribution in [0, 0.1) is 11.3 Å². The highest BCUT2D eigenvalue weighted by atomic mass is 16.2. The lowest BCUT2D eigenvalue weighted by Gasteiger charge is -2.21. The van der Waals surface area contributed by atoms with Crippen molar-refractivity contribution in [2.45, 2.75) is 13.3 Å². The minimum Gasteiger partial charge on any atom is -0.312 e. The van der Waals surface area contributed by atoms with Gasteiger partial charge in [0, 0.05) is 12.2 Å². The zero-order chi connectivity index (χ0) is 14.4. The van der Waals surface area contributed by atoms with E-state index in [9.17, 15) is 4.79 Å². The molecule has 0 heterocycles. The fourth-order valence-electron chi connectivity index (χ4n) is 2.08. The van der Waals surface area contributed by atoms with Crippen LogP contribution < -0.4 is 4.90 Å². The summed E-state index contributed by atoms with van der Waals surface area (Å²) in [6.45, 7) is 2.60. The quantitative estimate of drug-likeness (QED) is 0.851. The van der Waals surface area contributed by atoms with Crippen molar-refractivity contribution in [2.24, 2.45) is 0 Å². The van der Waals surface area contributed by atoms with E-state index in [1.54, 1.807) is 17.0 Å². The summed E-state index contributed by atoms with van der Waals surface area (Å²) in [7, 11) is 0. The van der Waals surface area contributed by atoms with E-state index in [1.165, 1.54) is 0 Å². The lowest BCUT2D eigenvalue weighted by molar-refractivity contribution is -0.117. The third-order valence-corrected chi connectivity index (χ3v) is 3.12. The molecular formula is C17H16N2O. The molecule has 2 aromatic carbocycles. The third-order valence-electron chi connectivity index (χ3n) is 3.12. The Bertz CT molecular complexity index is 612. The molecule has 0 fully saturated rings. The molecular weight excluding hydrogens is 248 g/mol. The topological polar surface area (TPSA) is 44.1 Å². The van der Waals surface area contributed by atoms with E-state index in [0.29, 0.717) is 18.5 Å². The van der Waals surface area contributed by atoms with Gasteiger partial charge in [-0.1, -0.05) is 30.3 Å². The summed E-state index contributed by atoms with van der Waals surface area (Å²) in [5.41, 5.74) is 2.44. The van der Waals surface area contributed by atoms with Crippen LogP contribution in [0.25, 0.3) is 0 Å². The van der Waals surface area contributed by atoms with Gasteiger partial charge in [0.05, 0.1) is 18.1 Å². The minimum absolute atomic E-state index is 0.0587. The predicted octanol–water partition coefficient (Wildman–Crippen LogP) is 3.15. The number of rotatable bonds is 4. The van der Waals surface area contributed by atoms with Crippen molar-refractivity contribution in [2.75, 3.05) is 11.4 Å². The largest absolute Gasteiger partial charge is 0.312 e. The van der Waals surface area contributed by atoms with Gasteiger partial charge >= 0.3 is 0 Å². The number of carbonyl (C=O) groups excluding carboxylic acids is 1. The first-order chi connectivity index (χ1) is 9.74. The molecule has 2 rings (SSSR count). The Morgan fingerprint density at radius 1 is 1.10 bits per heavy atom. The van der Waals surface area contributed by atoms with Crippen molar-refractivity contribution >= 4 is 11.6 Å². The van der Waals surface area contributed by atoms with E-state index in [-0.39, 0.29) is 5.91 Å². The van der Waals surface area contributed by atoms with Crippen LogP contribution in [0.5, 0.6) is 0 Å². The average molecular weight is 264 g/mol. The van der Waals surface area contributed by atoms with Gasteiger partial charge in [0.15, 0.2) is 0 Å². The summed E-state index contributed by atoms with van der Waals surface area (Å²) in [6, 6.07) is 18.8. The van der Waals surface area contributed by atoms with Crippen molar-refractivity contribution in [3.05, 3.63) is 65.7 Å². The van der Waals surface area contributed by atoms with Crippen LogP contribution in [0.4, 0.5) is 5.69 Å². The zero-order valence-electron chi connectivity index (χ0n) is 11.4. The SMILES string of the molecule is CCN(C(=O)Cc1ccc(C#N)cc1)c1ccccc1. The first kappa shape index (κ1) is 13.8. The average Bonchev–Trinajstić information content (AvgIpc) is 2.50. The fourth-order valence-corrected chi connectivity index (χ4v) is 2.08. The minimum atomic E-state index is 0.0587. The molecule has 0 bridgehead atoms. The second-order valence-electron chi connectivity index (χ2n) is 4.46. The van der Waals surface area contributed by atoms with Gasteiger partial charge < -0.3 is 4.90 Å². The molecule has 0 aliphatic heterocycles. The summed E-state index contributed by atoms with van der Waals surface area (Å²) in [5.74, 6) is 0.0587. The molecule has 0 aliphatic rings. The van der Waals surface area contributed by atoms with Gasteiger partial charge in [-0.25, -0.2) is 0 Å². The fraction of sp³-hybridized carbons (Fsp3) is 0.176. The highest BCUT2D eigenvalue weighted by Crippen LogP contribution is 2.15. The van der Waals surface area contributed by atoms with E-state index in [4.69, 9.17) is 5.26 Å². The molecule has 1 amide bonds. The Hall–Kier alpha value is -2.60. The molecule has 0 saturated heterocycles. The Labute approximate surface area is 119 Å².